The Labute approximate surface area is 114 Å². The molecule has 2 rings (SSSR count). The second kappa shape index (κ2) is 5.12. The van der Waals surface area contributed by atoms with Gasteiger partial charge in [-0.1, -0.05) is 11.6 Å². The number of carbonyl (C=O) groups is 1. The van der Waals surface area contributed by atoms with Crippen LogP contribution in [-0.4, -0.2) is 22.7 Å². The van der Waals surface area contributed by atoms with Gasteiger partial charge in [0.2, 0.25) is 5.78 Å². The number of ether oxygens (including phenoxy) is 1. The van der Waals surface area contributed by atoms with Crippen molar-refractivity contribution in [3.63, 3.8) is 0 Å². The molecule has 0 atom stereocenters. The minimum atomic E-state index is -0.155. The van der Waals surface area contributed by atoms with Crippen LogP contribution in [0.4, 0.5) is 0 Å². The van der Waals surface area contributed by atoms with E-state index in [0.29, 0.717) is 21.3 Å². The van der Waals surface area contributed by atoms with Crippen molar-refractivity contribution in [3.8, 4) is 5.75 Å². The predicted molar refractivity (Wildman–Crippen MR) is 71.9 cm³/mol. The van der Waals surface area contributed by atoms with Gasteiger partial charge in [0, 0.05) is 6.04 Å². The molecule has 0 aliphatic rings. The van der Waals surface area contributed by atoms with Crippen LogP contribution in [0.25, 0.3) is 0 Å². The molecule has 6 heteroatoms. The van der Waals surface area contributed by atoms with Crippen molar-refractivity contribution < 1.29 is 9.53 Å². The Morgan fingerprint density at radius 1 is 1.56 bits per heavy atom. The molecule has 0 radical (unpaired) electrons. The van der Waals surface area contributed by atoms with Gasteiger partial charge in [-0.15, -0.1) is 11.3 Å². The molecule has 0 saturated carbocycles. The Hall–Kier alpha value is -1.33. The molecule has 0 spiro atoms. The Bertz CT molecular complexity index is 574. The van der Waals surface area contributed by atoms with Crippen LogP contribution < -0.4 is 4.74 Å². The smallest absolute Gasteiger partial charge is 0.226 e. The van der Waals surface area contributed by atoms with E-state index < -0.39 is 0 Å². The largest absolute Gasteiger partial charge is 0.493 e. The minimum Gasteiger partial charge on any atom is -0.493 e. The van der Waals surface area contributed by atoms with Crippen LogP contribution >= 0.6 is 22.9 Å². The van der Waals surface area contributed by atoms with Crippen molar-refractivity contribution in [2.75, 3.05) is 7.11 Å². The second-order valence-electron chi connectivity index (χ2n) is 4.03. The van der Waals surface area contributed by atoms with Crippen LogP contribution in [0.5, 0.6) is 5.75 Å². The second-order valence-corrected chi connectivity index (χ2v) is 5.35. The number of rotatable bonds is 4. The quantitative estimate of drug-likeness (QED) is 0.808. The van der Waals surface area contributed by atoms with Gasteiger partial charge in [-0.3, -0.25) is 9.48 Å². The standard InChI is InChI=1S/C12H13ClN2O2S/c1-7(2)15-10(9(17-3)6-14-15)11(16)12-8(13)4-5-18-12/h4-7H,1-3H3. The topological polar surface area (TPSA) is 44.1 Å². The summed E-state index contributed by atoms with van der Waals surface area (Å²) in [7, 11) is 1.52. The highest BCUT2D eigenvalue weighted by Gasteiger charge is 2.24. The zero-order valence-corrected chi connectivity index (χ0v) is 11.9. The summed E-state index contributed by atoms with van der Waals surface area (Å²) in [6, 6.07) is 1.79. The number of aromatic nitrogens is 2. The number of carbonyl (C=O) groups excluding carboxylic acids is 1. The molecule has 0 N–H and O–H groups in total. The molecular weight excluding hydrogens is 272 g/mol. The molecule has 2 aromatic rings. The first kappa shape index (κ1) is 13.1. The molecule has 0 bridgehead atoms. The van der Waals surface area contributed by atoms with Gasteiger partial charge in [0.15, 0.2) is 11.4 Å². The van der Waals surface area contributed by atoms with E-state index in [1.54, 1.807) is 22.3 Å². The molecule has 0 aromatic carbocycles. The normalized spacial score (nSPS) is 10.9. The van der Waals surface area contributed by atoms with Crippen LogP contribution in [-0.2, 0) is 0 Å². The average Bonchev–Trinajstić information content (AvgIpc) is 2.93. The molecule has 0 unspecified atom stereocenters. The summed E-state index contributed by atoms with van der Waals surface area (Å²) in [4.78, 5) is 13.0. The molecule has 0 saturated heterocycles. The van der Waals surface area contributed by atoms with Gasteiger partial charge in [0.25, 0.3) is 0 Å². The van der Waals surface area contributed by atoms with E-state index in [4.69, 9.17) is 16.3 Å². The third-order valence-corrected chi connectivity index (χ3v) is 3.85. The fourth-order valence-corrected chi connectivity index (χ4v) is 2.75. The van der Waals surface area contributed by atoms with Gasteiger partial charge < -0.3 is 4.74 Å². The Kier molecular flexibility index (Phi) is 3.73. The Morgan fingerprint density at radius 2 is 2.28 bits per heavy atom. The highest BCUT2D eigenvalue weighted by molar-refractivity contribution is 7.13. The molecule has 4 nitrogen and oxygen atoms in total. The molecule has 2 heterocycles. The van der Waals surface area contributed by atoms with E-state index in [-0.39, 0.29) is 11.8 Å². The highest BCUT2D eigenvalue weighted by Crippen LogP contribution is 2.29. The zero-order valence-electron chi connectivity index (χ0n) is 10.3. The van der Waals surface area contributed by atoms with Gasteiger partial charge in [-0.05, 0) is 25.3 Å². The molecule has 2 aromatic heterocycles. The van der Waals surface area contributed by atoms with Crippen molar-refractivity contribution in [3.05, 3.63) is 33.2 Å². The number of ketones is 1. The summed E-state index contributed by atoms with van der Waals surface area (Å²) in [5.41, 5.74) is 0.442. The lowest BCUT2D eigenvalue weighted by molar-refractivity contribution is 0.102. The van der Waals surface area contributed by atoms with Crippen LogP contribution in [0.3, 0.4) is 0 Å². The minimum absolute atomic E-state index is 0.0755. The lowest BCUT2D eigenvalue weighted by atomic mass is 10.2. The third kappa shape index (κ3) is 2.15. The van der Waals surface area contributed by atoms with Crippen molar-refractivity contribution in [1.29, 1.82) is 0 Å². The van der Waals surface area contributed by atoms with Crippen LogP contribution in [0, 0.1) is 0 Å². The van der Waals surface area contributed by atoms with Gasteiger partial charge in [0.1, 0.15) is 0 Å². The zero-order chi connectivity index (χ0) is 13.3. The molecule has 0 aliphatic carbocycles. The lowest BCUT2D eigenvalue weighted by Gasteiger charge is -2.10. The van der Waals surface area contributed by atoms with Gasteiger partial charge >= 0.3 is 0 Å². The van der Waals surface area contributed by atoms with E-state index in [2.05, 4.69) is 5.10 Å². The highest BCUT2D eigenvalue weighted by atomic mass is 35.5. The van der Waals surface area contributed by atoms with Gasteiger partial charge in [0.05, 0.1) is 23.2 Å². The van der Waals surface area contributed by atoms with Gasteiger partial charge in [-0.2, -0.15) is 5.10 Å². The van der Waals surface area contributed by atoms with E-state index in [9.17, 15) is 4.79 Å². The molecule has 18 heavy (non-hydrogen) atoms. The summed E-state index contributed by atoms with van der Waals surface area (Å²) in [6.07, 6.45) is 1.55. The first-order valence-electron chi connectivity index (χ1n) is 5.45. The maximum Gasteiger partial charge on any atom is 0.226 e. The van der Waals surface area contributed by atoms with Crippen molar-refractivity contribution >= 4 is 28.7 Å². The summed E-state index contributed by atoms with van der Waals surface area (Å²) in [5, 5.41) is 6.43. The van der Waals surface area contributed by atoms with Crippen LogP contribution in [0.15, 0.2) is 17.6 Å². The van der Waals surface area contributed by atoms with E-state index in [1.807, 2.05) is 13.8 Å². The molecule has 96 valence electrons. The monoisotopic (exact) mass is 284 g/mol. The molecular formula is C12H13ClN2O2S. The number of nitrogens with zero attached hydrogens (tertiary/aromatic N) is 2. The van der Waals surface area contributed by atoms with Crippen LogP contribution in [0.2, 0.25) is 5.02 Å². The van der Waals surface area contributed by atoms with E-state index >= 15 is 0 Å². The first-order valence-corrected chi connectivity index (χ1v) is 6.71. The van der Waals surface area contributed by atoms with Crippen molar-refractivity contribution in [2.24, 2.45) is 0 Å². The maximum atomic E-state index is 12.5. The molecule has 0 fully saturated rings. The van der Waals surface area contributed by atoms with Crippen LogP contribution in [0.1, 0.15) is 35.3 Å². The summed E-state index contributed by atoms with van der Waals surface area (Å²) in [5.74, 6) is 0.316. The summed E-state index contributed by atoms with van der Waals surface area (Å²) in [6.45, 7) is 3.92. The lowest BCUT2D eigenvalue weighted by Crippen LogP contribution is -2.13. The fraction of sp³-hybridized carbons (Fsp3) is 0.333. The fourth-order valence-electron chi connectivity index (χ4n) is 1.67. The van der Waals surface area contributed by atoms with E-state index in [0.717, 1.165) is 0 Å². The number of hydrogen-bond donors (Lipinski definition) is 0. The number of thiophene rings is 1. The Morgan fingerprint density at radius 3 is 2.78 bits per heavy atom. The average molecular weight is 285 g/mol. The summed E-state index contributed by atoms with van der Waals surface area (Å²) < 4.78 is 6.84. The third-order valence-electron chi connectivity index (χ3n) is 2.51. The predicted octanol–water partition coefficient (Wildman–Crippen LogP) is 3.42. The summed E-state index contributed by atoms with van der Waals surface area (Å²) >= 11 is 7.32. The van der Waals surface area contributed by atoms with Crippen molar-refractivity contribution in [1.82, 2.24) is 9.78 Å². The van der Waals surface area contributed by atoms with Gasteiger partial charge in [-0.25, -0.2) is 0 Å². The molecule has 0 amide bonds. The number of hydrogen-bond acceptors (Lipinski definition) is 4. The van der Waals surface area contributed by atoms with E-state index in [1.165, 1.54) is 18.4 Å². The maximum absolute atomic E-state index is 12.5. The number of halogens is 1. The Balaban J connectivity index is 2.53. The molecule has 0 aliphatic heterocycles. The SMILES string of the molecule is COc1cnn(C(C)C)c1C(=O)c1sccc1Cl. The first-order chi connectivity index (χ1) is 8.56. The number of methoxy groups -OCH3 is 1. The van der Waals surface area contributed by atoms with Crippen molar-refractivity contribution in [2.45, 2.75) is 19.9 Å².